The van der Waals surface area contributed by atoms with Gasteiger partial charge in [-0.25, -0.2) is 13.2 Å². The van der Waals surface area contributed by atoms with Gasteiger partial charge >= 0.3 is 0 Å². The summed E-state index contributed by atoms with van der Waals surface area (Å²) in [4.78, 5) is 0. The lowest BCUT2D eigenvalue weighted by atomic mass is 10.1. The second-order valence-electron chi connectivity index (χ2n) is 3.51. The second kappa shape index (κ2) is 2.73. The molecule has 0 amide bonds. The van der Waals surface area contributed by atoms with Crippen molar-refractivity contribution in [3.05, 3.63) is 34.1 Å². The van der Waals surface area contributed by atoms with Crippen molar-refractivity contribution in [2.24, 2.45) is 5.73 Å². The molecule has 14 heavy (non-hydrogen) atoms. The van der Waals surface area contributed by atoms with Crippen LogP contribution in [0.4, 0.5) is 13.2 Å². The van der Waals surface area contributed by atoms with E-state index < -0.39 is 23.7 Å². The molecule has 1 aromatic carbocycles. The Morgan fingerprint density at radius 3 is 2.29 bits per heavy atom. The van der Waals surface area contributed by atoms with Gasteiger partial charge in [-0.1, -0.05) is 15.9 Å². The van der Waals surface area contributed by atoms with Crippen LogP contribution in [0.1, 0.15) is 12.0 Å². The number of nitrogens with two attached hydrogens (primary N) is 1. The maximum Gasteiger partial charge on any atom is 0.272 e. The third-order valence-electron chi connectivity index (χ3n) is 2.41. The molecule has 0 radical (unpaired) electrons. The van der Waals surface area contributed by atoms with Gasteiger partial charge < -0.3 is 5.73 Å². The van der Waals surface area contributed by atoms with E-state index in [1.165, 1.54) is 12.1 Å². The summed E-state index contributed by atoms with van der Waals surface area (Å²) in [7, 11) is 0. The minimum Gasteiger partial charge on any atom is -0.316 e. The molecule has 76 valence electrons. The van der Waals surface area contributed by atoms with Crippen LogP contribution in [0.3, 0.4) is 0 Å². The number of rotatable bonds is 1. The van der Waals surface area contributed by atoms with Gasteiger partial charge in [0.05, 0.1) is 0 Å². The van der Waals surface area contributed by atoms with Crippen molar-refractivity contribution in [1.82, 2.24) is 0 Å². The highest BCUT2D eigenvalue weighted by Crippen LogP contribution is 2.57. The van der Waals surface area contributed by atoms with Gasteiger partial charge in [0.15, 0.2) is 0 Å². The standard InChI is InChI=1S/C9H7BrF3N/c10-6-1-5(2-7(11)3-6)8(14)4-9(8,12)13/h1-3H,4,14H2. The molecule has 5 heteroatoms. The highest BCUT2D eigenvalue weighted by Gasteiger charge is 2.70. The maximum absolute atomic E-state index is 12.9. The minimum absolute atomic E-state index is 0.134. The van der Waals surface area contributed by atoms with Crippen molar-refractivity contribution < 1.29 is 13.2 Å². The molecule has 1 aliphatic rings. The maximum atomic E-state index is 12.9. The second-order valence-corrected chi connectivity index (χ2v) is 4.43. The molecule has 2 rings (SSSR count). The van der Waals surface area contributed by atoms with Crippen LogP contribution >= 0.6 is 15.9 Å². The first-order valence-corrected chi connectivity index (χ1v) is 4.78. The molecule has 1 aliphatic carbocycles. The third kappa shape index (κ3) is 1.35. The highest BCUT2D eigenvalue weighted by atomic mass is 79.9. The highest BCUT2D eigenvalue weighted by molar-refractivity contribution is 9.10. The molecule has 2 N–H and O–H groups in total. The van der Waals surface area contributed by atoms with Crippen LogP contribution in [0.2, 0.25) is 0 Å². The molecular formula is C9H7BrF3N. The summed E-state index contributed by atoms with van der Waals surface area (Å²) in [6, 6.07) is 3.67. The van der Waals surface area contributed by atoms with E-state index in [0.717, 1.165) is 6.07 Å². The Labute approximate surface area is 87.2 Å². The molecule has 1 aromatic rings. The molecule has 1 nitrogen and oxygen atoms in total. The molecule has 0 spiro atoms. The molecule has 0 bridgehead atoms. The van der Waals surface area contributed by atoms with E-state index in [9.17, 15) is 13.2 Å². The fourth-order valence-electron chi connectivity index (χ4n) is 1.43. The van der Waals surface area contributed by atoms with Gasteiger partial charge in [-0.05, 0) is 23.8 Å². The quantitative estimate of drug-likeness (QED) is 0.831. The molecule has 0 aromatic heterocycles. The lowest BCUT2D eigenvalue weighted by Crippen LogP contribution is -2.27. The summed E-state index contributed by atoms with van der Waals surface area (Å²) in [6.45, 7) is 0. The number of benzene rings is 1. The number of hydrogen-bond donors (Lipinski definition) is 1. The topological polar surface area (TPSA) is 26.0 Å². The molecule has 0 aliphatic heterocycles. The van der Waals surface area contributed by atoms with E-state index in [-0.39, 0.29) is 5.56 Å². The monoisotopic (exact) mass is 265 g/mol. The SMILES string of the molecule is NC1(c2cc(F)cc(Br)c2)CC1(F)F. The van der Waals surface area contributed by atoms with E-state index in [4.69, 9.17) is 5.73 Å². The van der Waals surface area contributed by atoms with Crippen LogP contribution in [-0.4, -0.2) is 5.92 Å². The normalized spacial score (nSPS) is 28.9. The number of alkyl halides is 2. The van der Waals surface area contributed by atoms with E-state index >= 15 is 0 Å². The zero-order chi connectivity index (χ0) is 10.6. The van der Waals surface area contributed by atoms with Crippen molar-refractivity contribution in [3.63, 3.8) is 0 Å². The van der Waals surface area contributed by atoms with Crippen molar-refractivity contribution in [2.75, 3.05) is 0 Å². The Balaban J connectivity index is 2.44. The predicted molar refractivity (Wildman–Crippen MR) is 49.5 cm³/mol. The summed E-state index contributed by atoms with van der Waals surface area (Å²) in [5, 5.41) is 0. The van der Waals surface area contributed by atoms with Crippen LogP contribution < -0.4 is 5.73 Å². The van der Waals surface area contributed by atoms with Crippen LogP contribution in [0.25, 0.3) is 0 Å². The largest absolute Gasteiger partial charge is 0.316 e. The van der Waals surface area contributed by atoms with E-state index in [1.807, 2.05) is 0 Å². The fraction of sp³-hybridized carbons (Fsp3) is 0.333. The average Bonchev–Trinajstić information content (AvgIpc) is 2.50. The first-order chi connectivity index (χ1) is 6.35. The summed E-state index contributed by atoms with van der Waals surface area (Å²) in [5.41, 5.74) is 3.90. The lowest BCUT2D eigenvalue weighted by molar-refractivity contribution is 0.0890. The smallest absolute Gasteiger partial charge is 0.272 e. The molecular weight excluding hydrogens is 259 g/mol. The summed E-state index contributed by atoms with van der Waals surface area (Å²) >= 11 is 3.03. The lowest BCUT2D eigenvalue weighted by Gasteiger charge is -2.11. The minimum atomic E-state index is -2.92. The molecule has 1 saturated carbocycles. The molecule has 1 fully saturated rings. The van der Waals surface area contributed by atoms with Crippen LogP contribution in [-0.2, 0) is 5.54 Å². The van der Waals surface area contributed by atoms with Crippen LogP contribution in [0.15, 0.2) is 22.7 Å². The van der Waals surface area contributed by atoms with Crippen molar-refractivity contribution >= 4 is 15.9 Å². The zero-order valence-corrected chi connectivity index (χ0v) is 8.61. The first kappa shape index (κ1) is 9.98. The predicted octanol–water partition coefficient (Wildman–Crippen LogP) is 2.78. The summed E-state index contributed by atoms with van der Waals surface area (Å²) in [5.74, 6) is -3.48. The van der Waals surface area contributed by atoms with Crippen molar-refractivity contribution in [1.29, 1.82) is 0 Å². The van der Waals surface area contributed by atoms with Gasteiger partial charge in [-0.15, -0.1) is 0 Å². The first-order valence-electron chi connectivity index (χ1n) is 3.98. The van der Waals surface area contributed by atoms with Crippen molar-refractivity contribution in [3.8, 4) is 0 Å². The van der Waals surface area contributed by atoms with E-state index in [2.05, 4.69) is 15.9 Å². The number of halogens is 4. The Morgan fingerprint density at radius 2 is 1.86 bits per heavy atom. The van der Waals surface area contributed by atoms with Gasteiger partial charge in [0.2, 0.25) is 0 Å². The fourth-order valence-corrected chi connectivity index (χ4v) is 1.90. The Hall–Kier alpha value is -0.550. The van der Waals surface area contributed by atoms with Crippen LogP contribution in [0, 0.1) is 5.82 Å². The van der Waals surface area contributed by atoms with Gasteiger partial charge in [0.1, 0.15) is 11.4 Å². The summed E-state index contributed by atoms with van der Waals surface area (Å²) in [6.07, 6.45) is -0.421. The molecule has 0 heterocycles. The van der Waals surface area contributed by atoms with Gasteiger partial charge in [0, 0.05) is 10.9 Å². The van der Waals surface area contributed by atoms with Gasteiger partial charge in [0.25, 0.3) is 5.92 Å². The average molecular weight is 266 g/mol. The molecule has 1 unspecified atom stereocenters. The number of hydrogen-bond acceptors (Lipinski definition) is 1. The molecule has 1 atom stereocenters. The zero-order valence-electron chi connectivity index (χ0n) is 7.03. The molecule has 0 saturated heterocycles. The van der Waals surface area contributed by atoms with Gasteiger partial charge in [-0.2, -0.15) is 0 Å². The van der Waals surface area contributed by atoms with Crippen molar-refractivity contribution in [2.45, 2.75) is 17.9 Å². The Morgan fingerprint density at radius 1 is 1.29 bits per heavy atom. The van der Waals surface area contributed by atoms with Crippen LogP contribution in [0.5, 0.6) is 0 Å². The Bertz CT molecular complexity index is 373. The third-order valence-corrected chi connectivity index (χ3v) is 2.86. The summed E-state index contributed by atoms with van der Waals surface area (Å²) < 4.78 is 39.1. The van der Waals surface area contributed by atoms with E-state index in [1.54, 1.807) is 0 Å². The van der Waals surface area contributed by atoms with E-state index in [0.29, 0.717) is 4.47 Å². The Kier molecular flexibility index (Phi) is 1.95. The van der Waals surface area contributed by atoms with Gasteiger partial charge in [-0.3, -0.25) is 0 Å².